The van der Waals surface area contributed by atoms with Crippen molar-refractivity contribution in [2.45, 2.75) is 0 Å². The van der Waals surface area contributed by atoms with Crippen molar-refractivity contribution in [1.29, 1.82) is 0 Å². The van der Waals surface area contributed by atoms with Crippen molar-refractivity contribution >= 4 is 38.6 Å². The van der Waals surface area contributed by atoms with E-state index < -0.39 is 0 Å². The maximum atomic E-state index is 5.50. The van der Waals surface area contributed by atoms with Gasteiger partial charge in [0, 0.05) is 16.9 Å². The van der Waals surface area contributed by atoms with Gasteiger partial charge in [0.1, 0.15) is 5.75 Å². The van der Waals surface area contributed by atoms with Crippen LogP contribution in [0.5, 0.6) is 5.75 Å². The Labute approximate surface area is 240 Å². The van der Waals surface area contributed by atoms with Gasteiger partial charge in [-0.1, -0.05) is 109 Å². The summed E-state index contributed by atoms with van der Waals surface area (Å²) in [6, 6.07) is 56.1. The Morgan fingerprint density at radius 2 is 1.00 bits per heavy atom. The zero-order valence-corrected chi connectivity index (χ0v) is 22.9. The lowest BCUT2D eigenvalue weighted by Gasteiger charge is -2.29. The van der Waals surface area contributed by atoms with E-state index in [-0.39, 0.29) is 0 Å². The van der Waals surface area contributed by atoms with E-state index in [0.717, 1.165) is 22.8 Å². The SMILES string of the molecule is COc1ccc(N(c2ccc(-c3ccccc3)cc2)c2ccc3ccccc3c2-c2ccc3ccccc3c2)cc1. The molecule has 0 saturated carbocycles. The highest BCUT2D eigenvalue weighted by molar-refractivity contribution is 6.06. The molecule has 7 rings (SSSR count). The molecule has 0 amide bonds. The van der Waals surface area contributed by atoms with Crippen LogP contribution in [0.15, 0.2) is 158 Å². The first-order chi connectivity index (χ1) is 20.3. The normalized spacial score (nSPS) is 11.0. The van der Waals surface area contributed by atoms with Gasteiger partial charge >= 0.3 is 0 Å². The lowest BCUT2D eigenvalue weighted by atomic mass is 9.93. The molecule has 0 aromatic heterocycles. The second kappa shape index (κ2) is 10.7. The zero-order valence-electron chi connectivity index (χ0n) is 22.9. The highest BCUT2D eigenvalue weighted by Crippen LogP contribution is 2.45. The van der Waals surface area contributed by atoms with Crippen LogP contribution in [0.2, 0.25) is 0 Å². The molecule has 0 bridgehead atoms. The first-order valence-electron chi connectivity index (χ1n) is 13.9. The Kier molecular flexibility index (Phi) is 6.42. The van der Waals surface area contributed by atoms with Gasteiger partial charge in [-0.2, -0.15) is 0 Å². The highest BCUT2D eigenvalue weighted by atomic mass is 16.5. The smallest absolute Gasteiger partial charge is 0.119 e. The monoisotopic (exact) mass is 527 g/mol. The van der Waals surface area contributed by atoms with Crippen molar-refractivity contribution < 1.29 is 4.74 Å². The molecule has 0 heterocycles. The van der Waals surface area contributed by atoms with E-state index in [4.69, 9.17) is 4.74 Å². The Hall–Kier alpha value is -5.34. The van der Waals surface area contributed by atoms with Gasteiger partial charge < -0.3 is 9.64 Å². The van der Waals surface area contributed by atoms with Crippen molar-refractivity contribution in [3.05, 3.63) is 158 Å². The molecule has 0 N–H and O–H groups in total. The summed E-state index contributed by atoms with van der Waals surface area (Å²) >= 11 is 0. The minimum atomic E-state index is 0.835. The van der Waals surface area contributed by atoms with Gasteiger partial charge in [0.25, 0.3) is 0 Å². The molecule has 0 saturated heterocycles. The quantitative estimate of drug-likeness (QED) is 0.213. The van der Waals surface area contributed by atoms with Crippen LogP contribution in [-0.4, -0.2) is 7.11 Å². The van der Waals surface area contributed by atoms with E-state index in [0.29, 0.717) is 0 Å². The van der Waals surface area contributed by atoms with Gasteiger partial charge in [-0.3, -0.25) is 0 Å². The first kappa shape index (κ1) is 24.7. The minimum Gasteiger partial charge on any atom is -0.497 e. The Morgan fingerprint density at radius 3 is 1.73 bits per heavy atom. The number of benzene rings is 7. The van der Waals surface area contributed by atoms with Crippen molar-refractivity contribution in [3.63, 3.8) is 0 Å². The molecule has 0 radical (unpaired) electrons. The molecule has 7 aromatic rings. The molecule has 0 aliphatic carbocycles. The van der Waals surface area contributed by atoms with Gasteiger partial charge in [0.2, 0.25) is 0 Å². The van der Waals surface area contributed by atoms with Crippen molar-refractivity contribution in [3.8, 4) is 28.0 Å². The summed E-state index contributed by atoms with van der Waals surface area (Å²) in [6.45, 7) is 0. The predicted octanol–water partition coefficient (Wildman–Crippen LogP) is 10.8. The molecular weight excluding hydrogens is 498 g/mol. The van der Waals surface area contributed by atoms with E-state index in [9.17, 15) is 0 Å². The Morgan fingerprint density at radius 1 is 0.439 bits per heavy atom. The van der Waals surface area contributed by atoms with Crippen LogP contribution in [0.25, 0.3) is 43.8 Å². The number of hydrogen-bond acceptors (Lipinski definition) is 2. The molecule has 2 heteroatoms. The highest BCUT2D eigenvalue weighted by Gasteiger charge is 2.20. The summed E-state index contributed by atoms with van der Waals surface area (Å²) < 4.78 is 5.50. The van der Waals surface area contributed by atoms with Gasteiger partial charge in [-0.05, 0) is 86.8 Å². The van der Waals surface area contributed by atoms with E-state index in [2.05, 4.69) is 150 Å². The van der Waals surface area contributed by atoms with Crippen LogP contribution < -0.4 is 9.64 Å². The van der Waals surface area contributed by atoms with Crippen LogP contribution >= 0.6 is 0 Å². The van der Waals surface area contributed by atoms with Crippen LogP contribution in [0, 0.1) is 0 Å². The summed E-state index contributed by atoms with van der Waals surface area (Å²) in [5, 5.41) is 4.90. The Balaban J connectivity index is 1.47. The number of nitrogens with zero attached hydrogens (tertiary/aromatic N) is 1. The average Bonchev–Trinajstić information content (AvgIpc) is 3.05. The molecule has 0 aliphatic heterocycles. The third kappa shape index (κ3) is 4.70. The van der Waals surface area contributed by atoms with Crippen LogP contribution in [0.3, 0.4) is 0 Å². The first-order valence-corrected chi connectivity index (χ1v) is 13.9. The second-order valence-electron chi connectivity index (χ2n) is 10.2. The van der Waals surface area contributed by atoms with E-state index in [1.165, 1.54) is 43.8 Å². The van der Waals surface area contributed by atoms with Gasteiger partial charge in [0.05, 0.1) is 12.8 Å². The number of ether oxygens (including phenoxy) is 1. The molecular formula is C39H29NO. The average molecular weight is 528 g/mol. The second-order valence-corrected chi connectivity index (χ2v) is 10.2. The number of anilines is 3. The zero-order chi connectivity index (χ0) is 27.6. The molecule has 0 atom stereocenters. The summed E-state index contributed by atoms with van der Waals surface area (Å²) in [5.41, 5.74) is 8.07. The summed E-state index contributed by atoms with van der Waals surface area (Å²) in [7, 11) is 1.70. The van der Waals surface area contributed by atoms with Crippen molar-refractivity contribution in [2.75, 3.05) is 12.0 Å². The van der Waals surface area contributed by atoms with E-state index in [1.54, 1.807) is 7.11 Å². The number of hydrogen-bond donors (Lipinski definition) is 0. The maximum Gasteiger partial charge on any atom is 0.119 e. The topological polar surface area (TPSA) is 12.5 Å². The van der Waals surface area contributed by atoms with Gasteiger partial charge in [0.15, 0.2) is 0 Å². The maximum absolute atomic E-state index is 5.50. The van der Waals surface area contributed by atoms with Crippen LogP contribution in [0.1, 0.15) is 0 Å². The molecule has 0 spiro atoms. The fourth-order valence-electron chi connectivity index (χ4n) is 5.69. The van der Waals surface area contributed by atoms with Crippen molar-refractivity contribution in [2.24, 2.45) is 0 Å². The van der Waals surface area contributed by atoms with Gasteiger partial charge in [-0.15, -0.1) is 0 Å². The molecule has 2 nitrogen and oxygen atoms in total. The van der Waals surface area contributed by atoms with Gasteiger partial charge in [-0.25, -0.2) is 0 Å². The molecule has 0 fully saturated rings. The summed E-state index contributed by atoms with van der Waals surface area (Å²) in [6.07, 6.45) is 0. The molecule has 7 aromatic carbocycles. The van der Waals surface area contributed by atoms with Crippen LogP contribution in [0.4, 0.5) is 17.1 Å². The fraction of sp³-hybridized carbons (Fsp3) is 0.0256. The third-order valence-electron chi connectivity index (χ3n) is 7.75. The largest absolute Gasteiger partial charge is 0.497 e. The predicted molar refractivity (Wildman–Crippen MR) is 174 cm³/mol. The molecule has 0 aliphatic rings. The number of rotatable bonds is 6. The lowest BCUT2D eigenvalue weighted by molar-refractivity contribution is 0.415. The van der Waals surface area contributed by atoms with E-state index in [1.807, 2.05) is 12.1 Å². The summed E-state index contributed by atoms with van der Waals surface area (Å²) in [5.74, 6) is 0.835. The fourth-order valence-corrected chi connectivity index (χ4v) is 5.69. The Bertz CT molecular complexity index is 1960. The molecule has 0 unspecified atom stereocenters. The summed E-state index contributed by atoms with van der Waals surface area (Å²) in [4.78, 5) is 2.35. The minimum absolute atomic E-state index is 0.835. The number of fused-ring (bicyclic) bond motifs is 2. The van der Waals surface area contributed by atoms with Crippen LogP contribution in [-0.2, 0) is 0 Å². The standard InChI is InChI=1S/C39H29NO/c1-41-36-24-22-35(23-25-36)40(34-20-17-30(18-21-34)28-9-3-2-4-10-28)38-26-19-31-12-7-8-14-37(31)39(38)33-16-15-29-11-5-6-13-32(29)27-33/h2-27H,1H3. The third-order valence-corrected chi connectivity index (χ3v) is 7.75. The van der Waals surface area contributed by atoms with E-state index >= 15 is 0 Å². The molecule has 41 heavy (non-hydrogen) atoms. The molecule has 196 valence electrons. The van der Waals surface area contributed by atoms with Crippen molar-refractivity contribution in [1.82, 2.24) is 0 Å². The lowest BCUT2D eigenvalue weighted by Crippen LogP contribution is -2.11. The number of methoxy groups -OCH3 is 1.